The minimum absolute atomic E-state index is 0.0625. The molecular weight excluding hydrogens is 294 g/mol. The van der Waals surface area contributed by atoms with Crippen molar-refractivity contribution in [1.29, 1.82) is 0 Å². The Labute approximate surface area is 124 Å². The zero-order chi connectivity index (χ0) is 15.3. The Balaban J connectivity index is 2.01. The van der Waals surface area contributed by atoms with Crippen molar-refractivity contribution < 1.29 is 23.2 Å². The van der Waals surface area contributed by atoms with Gasteiger partial charge in [0.15, 0.2) is 6.61 Å². The van der Waals surface area contributed by atoms with Crippen LogP contribution in [0.15, 0.2) is 29.2 Å². The quantitative estimate of drug-likeness (QED) is 0.784. The molecule has 21 heavy (non-hydrogen) atoms. The van der Waals surface area contributed by atoms with Gasteiger partial charge in [0.25, 0.3) is 10.0 Å². The van der Waals surface area contributed by atoms with Crippen LogP contribution in [-0.2, 0) is 19.7 Å². The zero-order valence-corrected chi connectivity index (χ0v) is 12.4. The van der Waals surface area contributed by atoms with Gasteiger partial charge in [-0.05, 0) is 36.5 Å². The third-order valence-corrected chi connectivity index (χ3v) is 4.86. The predicted octanol–water partition coefficient (Wildman–Crippen LogP) is 2.03. The van der Waals surface area contributed by atoms with E-state index in [1.807, 2.05) is 12.1 Å². The molecule has 0 heterocycles. The lowest BCUT2D eigenvalue weighted by molar-refractivity contribution is -0.143. The fourth-order valence-electron chi connectivity index (χ4n) is 2.57. The molecule has 7 heteroatoms. The van der Waals surface area contributed by atoms with Gasteiger partial charge in [-0.3, -0.25) is 4.84 Å². The van der Waals surface area contributed by atoms with E-state index in [1.165, 1.54) is 31.4 Å². The van der Waals surface area contributed by atoms with Crippen LogP contribution < -0.4 is 4.89 Å². The number of carboxylic acid groups (broad SMARTS) is 1. The van der Waals surface area contributed by atoms with Crippen molar-refractivity contribution in [2.24, 2.45) is 0 Å². The minimum atomic E-state index is -3.84. The number of hydrogen-bond acceptors (Lipinski definition) is 4. The van der Waals surface area contributed by atoms with Crippen molar-refractivity contribution in [2.75, 3.05) is 6.61 Å². The normalized spacial score (nSPS) is 16.8. The van der Waals surface area contributed by atoms with Gasteiger partial charge >= 0.3 is 5.97 Å². The third kappa shape index (κ3) is 4.52. The molecule has 2 rings (SSSR count). The van der Waals surface area contributed by atoms with Gasteiger partial charge in [0, 0.05) is 0 Å². The predicted molar refractivity (Wildman–Crippen MR) is 76.2 cm³/mol. The van der Waals surface area contributed by atoms with Crippen LogP contribution >= 0.6 is 0 Å². The molecule has 6 nitrogen and oxygen atoms in total. The highest BCUT2D eigenvalue weighted by atomic mass is 32.2. The molecule has 0 bridgehead atoms. The molecule has 0 aromatic heterocycles. The Morgan fingerprint density at radius 1 is 1.19 bits per heavy atom. The summed E-state index contributed by atoms with van der Waals surface area (Å²) < 4.78 is 23.7. The summed E-state index contributed by atoms with van der Waals surface area (Å²) in [4.78, 5) is 16.6. The average molecular weight is 313 g/mol. The molecule has 0 atom stereocenters. The second kappa shape index (κ2) is 7.02. The van der Waals surface area contributed by atoms with Crippen molar-refractivity contribution in [3.05, 3.63) is 29.8 Å². The maximum Gasteiger partial charge on any atom is 0.331 e. The second-order valence-electron chi connectivity index (χ2n) is 5.17. The zero-order valence-electron chi connectivity index (χ0n) is 11.6. The monoisotopic (exact) mass is 313 g/mol. The summed E-state index contributed by atoms with van der Waals surface area (Å²) in [6.45, 7) is -0.723. The van der Waals surface area contributed by atoms with Crippen molar-refractivity contribution in [3.8, 4) is 0 Å². The molecule has 1 aromatic carbocycles. The summed E-state index contributed by atoms with van der Waals surface area (Å²) in [6, 6.07) is 6.69. The fourth-order valence-corrected chi connectivity index (χ4v) is 3.38. The van der Waals surface area contributed by atoms with E-state index in [0.29, 0.717) is 5.92 Å². The highest BCUT2D eigenvalue weighted by Crippen LogP contribution is 2.32. The number of benzene rings is 1. The second-order valence-corrected chi connectivity index (χ2v) is 6.82. The van der Waals surface area contributed by atoms with E-state index in [2.05, 4.69) is 4.84 Å². The van der Waals surface area contributed by atoms with Gasteiger partial charge in [-0.1, -0.05) is 36.3 Å². The number of carboxylic acids is 1. The lowest BCUT2D eigenvalue weighted by Crippen LogP contribution is -2.26. The Morgan fingerprint density at radius 2 is 1.81 bits per heavy atom. The Morgan fingerprint density at radius 3 is 2.38 bits per heavy atom. The maximum atomic E-state index is 11.9. The van der Waals surface area contributed by atoms with Gasteiger partial charge in [0.1, 0.15) is 0 Å². The molecule has 1 aliphatic carbocycles. The maximum absolute atomic E-state index is 11.9. The highest BCUT2D eigenvalue weighted by molar-refractivity contribution is 7.89. The van der Waals surface area contributed by atoms with E-state index < -0.39 is 22.6 Å². The molecule has 0 saturated heterocycles. The topological polar surface area (TPSA) is 92.7 Å². The number of sulfonamides is 1. The Kier molecular flexibility index (Phi) is 5.33. The lowest BCUT2D eigenvalue weighted by atomic mass is 9.84. The number of nitrogens with one attached hydrogen (secondary N) is 1. The third-order valence-electron chi connectivity index (χ3n) is 3.63. The van der Waals surface area contributed by atoms with Crippen LogP contribution in [0.4, 0.5) is 0 Å². The van der Waals surface area contributed by atoms with Crippen LogP contribution in [0.5, 0.6) is 0 Å². The van der Waals surface area contributed by atoms with Crippen molar-refractivity contribution >= 4 is 16.0 Å². The largest absolute Gasteiger partial charge is 0.479 e. The summed E-state index contributed by atoms with van der Waals surface area (Å²) in [7, 11) is -3.84. The molecule has 1 saturated carbocycles. The molecule has 0 unspecified atom stereocenters. The van der Waals surface area contributed by atoms with E-state index in [1.54, 1.807) is 4.89 Å². The summed E-state index contributed by atoms with van der Waals surface area (Å²) >= 11 is 0. The van der Waals surface area contributed by atoms with Crippen LogP contribution in [0, 0.1) is 0 Å². The molecule has 116 valence electrons. The van der Waals surface area contributed by atoms with Gasteiger partial charge in [-0.15, -0.1) is 0 Å². The average Bonchev–Trinajstić information content (AvgIpc) is 2.48. The molecule has 1 aromatic rings. The van der Waals surface area contributed by atoms with Crippen LogP contribution in [0.25, 0.3) is 0 Å². The molecule has 1 fully saturated rings. The Hall–Kier alpha value is -1.44. The minimum Gasteiger partial charge on any atom is -0.479 e. The first-order chi connectivity index (χ1) is 9.99. The highest BCUT2D eigenvalue weighted by Gasteiger charge is 2.18. The van der Waals surface area contributed by atoms with Crippen LogP contribution in [0.3, 0.4) is 0 Å². The van der Waals surface area contributed by atoms with Crippen LogP contribution in [0.1, 0.15) is 43.6 Å². The van der Waals surface area contributed by atoms with Crippen molar-refractivity contribution in [3.63, 3.8) is 0 Å². The van der Waals surface area contributed by atoms with Crippen LogP contribution in [0.2, 0.25) is 0 Å². The molecule has 2 N–H and O–H groups in total. The summed E-state index contributed by atoms with van der Waals surface area (Å²) in [5.41, 5.74) is 1.15. The van der Waals surface area contributed by atoms with E-state index in [-0.39, 0.29) is 4.90 Å². The first-order valence-corrected chi connectivity index (χ1v) is 8.43. The van der Waals surface area contributed by atoms with Gasteiger partial charge in [-0.25, -0.2) is 13.2 Å². The first-order valence-electron chi connectivity index (χ1n) is 6.94. The molecule has 0 amide bonds. The lowest BCUT2D eigenvalue weighted by Gasteiger charge is -2.22. The van der Waals surface area contributed by atoms with Gasteiger partial charge < -0.3 is 5.11 Å². The van der Waals surface area contributed by atoms with E-state index in [9.17, 15) is 13.2 Å². The van der Waals surface area contributed by atoms with Gasteiger partial charge in [0.05, 0.1) is 4.90 Å². The number of rotatable bonds is 6. The van der Waals surface area contributed by atoms with Crippen LogP contribution in [-0.4, -0.2) is 26.1 Å². The first kappa shape index (κ1) is 15.9. The standard InChI is InChI=1S/C14H19NO5S/c16-14(17)10-20-15-21(18,19)13-8-6-12(7-9-13)11-4-2-1-3-5-11/h6-9,11,15H,1-5,10H2,(H,16,17). The van der Waals surface area contributed by atoms with Gasteiger partial charge in [-0.2, -0.15) is 0 Å². The Bertz CT molecular complexity index is 576. The van der Waals surface area contributed by atoms with Crippen molar-refractivity contribution in [2.45, 2.75) is 42.9 Å². The molecule has 0 spiro atoms. The summed E-state index contributed by atoms with van der Waals surface area (Å²) in [5, 5.41) is 8.40. The summed E-state index contributed by atoms with van der Waals surface area (Å²) in [6.07, 6.45) is 6.00. The summed E-state index contributed by atoms with van der Waals surface area (Å²) in [5.74, 6) is -0.739. The smallest absolute Gasteiger partial charge is 0.331 e. The molecule has 0 radical (unpaired) electrons. The SMILES string of the molecule is O=C(O)CONS(=O)(=O)c1ccc(C2CCCCC2)cc1. The number of hydrogen-bond donors (Lipinski definition) is 2. The van der Waals surface area contributed by atoms with E-state index >= 15 is 0 Å². The fraction of sp³-hybridized carbons (Fsp3) is 0.500. The van der Waals surface area contributed by atoms with E-state index in [4.69, 9.17) is 5.11 Å². The van der Waals surface area contributed by atoms with E-state index in [0.717, 1.165) is 18.4 Å². The number of carbonyl (C=O) groups is 1. The molecule has 0 aliphatic heterocycles. The molecule has 1 aliphatic rings. The van der Waals surface area contributed by atoms with Gasteiger partial charge in [0.2, 0.25) is 0 Å². The number of aliphatic carboxylic acids is 1. The van der Waals surface area contributed by atoms with Crippen molar-refractivity contribution in [1.82, 2.24) is 4.89 Å². The molecular formula is C14H19NO5S.